The predicted octanol–water partition coefficient (Wildman–Crippen LogP) is 3.02. The Hall–Kier alpha value is -2.01. The molecule has 0 saturated carbocycles. The zero-order valence-corrected chi connectivity index (χ0v) is 12.9. The fourth-order valence-electron chi connectivity index (χ4n) is 2.42. The Morgan fingerprint density at radius 1 is 1.24 bits per heavy atom. The number of anilines is 1. The molecule has 0 bridgehead atoms. The fourth-order valence-corrected chi connectivity index (χ4v) is 2.68. The second-order valence-corrected chi connectivity index (χ2v) is 5.87. The van der Waals surface area contributed by atoms with E-state index in [0.717, 1.165) is 33.5 Å². The third-order valence-electron chi connectivity index (χ3n) is 3.49. The lowest BCUT2D eigenvalue weighted by molar-refractivity contribution is -0.118. The highest BCUT2D eigenvalue weighted by Crippen LogP contribution is 2.29. The number of hydrogen-bond acceptors (Lipinski definition) is 3. The summed E-state index contributed by atoms with van der Waals surface area (Å²) >= 11 is 3.39. The second kappa shape index (κ2) is 5.77. The van der Waals surface area contributed by atoms with Crippen molar-refractivity contribution in [3.8, 4) is 5.75 Å². The highest BCUT2D eigenvalue weighted by molar-refractivity contribution is 9.10. The number of benzene rings is 2. The first-order valence-electron chi connectivity index (χ1n) is 6.70. The molecule has 1 atom stereocenters. The molecule has 1 heterocycles. The summed E-state index contributed by atoms with van der Waals surface area (Å²) in [6.45, 7) is 0.695. The van der Waals surface area contributed by atoms with Gasteiger partial charge in [0.15, 0.2) is 0 Å². The summed E-state index contributed by atoms with van der Waals surface area (Å²) in [7, 11) is 0. The van der Waals surface area contributed by atoms with Gasteiger partial charge in [0.1, 0.15) is 11.8 Å². The number of fused-ring (bicyclic) bond motifs is 1. The molecule has 0 spiro atoms. The number of nitrogens with one attached hydrogen (secondary N) is 1. The normalized spacial score (nSPS) is 14.1. The minimum atomic E-state index is -0.558. The van der Waals surface area contributed by atoms with Crippen LogP contribution in [-0.2, 0) is 11.2 Å². The van der Waals surface area contributed by atoms with Gasteiger partial charge in [-0.15, -0.1) is 0 Å². The van der Waals surface area contributed by atoms with Crippen LogP contribution in [0.4, 0.5) is 5.69 Å². The summed E-state index contributed by atoms with van der Waals surface area (Å²) in [6, 6.07) is 12.8. The van der Waals surface area contributed by atoms with Crippen molar-refractivity contribution in [3.63, 3.8) is 0 Å². The zero-order valence-electron chi connectivity index (χ0n) is 11.3. The van der Waals surface area contributed by atoms with Crippen LogP contribution in [0, 0.1) is 0 Å². The van der Waals surface area contributed by atoms with Gasteiger partial charge in [0.05, 0.1) is 6.61 Å². The standard InChI is InChI=1S/C16H15BrN2O2/c17-12-2-4-13(5-3-12)19-15(16(18)20)11-1-6-14-10(9-11)7-8-21-14/h1-6,9,15,19H,7-8H2,(H2,18,20). The van der Waals surface area contributed by atoms with Crippen molar-refractivity contribution in [1.29, 1.82) is 0 Å². The molecule has 108 valence electrons. The highest BCUT2D eigenvalue weighted by Gasteiger charge is 2.21. The van der Waals surface area contributed by atoms with E-state index in [2.05, 4.69) is 21.2 Å². The SMILES string of the molecule is NC(=O)C(Nc1ccc(Br)cc1)c1ccc2c(c1)CCO2. The van der Waals surface area contributed by atoms with E-state index in [-0.39, 0.29) is 0 Å². The van der Waals surface area contributed by atoms with Crippen molar-refractivity contribution in [1.82, 2.24) is 0 Å². The molecule has 0 aliphatic carbocycles. The van der Waals surface area contributed by atoms with Gasteiger partial charge in [0.25, 0.3) is 0 Å². The number of amides is 1. The van der Waals surface area contributed by atoms with Crippen LogP contribution >= 0.6 is 15.9 Å². The molecule has 0 saturated heterocycles. The minimum Gasteiger partial charge on any atom is -0.493 e. The van der Waals surface area contributed by atoms with E-state index >= 15 is 0 Å². The second-order valence-electron chi connectivity index (χ2n) is 4.95. The Labute approximate surface area is 131 Å². The van der Waals surface area contributed by atoms with Crippen molar-refractivity contribution >= 4 is 27.5 Å². The van der Waals surface area contributed by atoms with Crippen molar-refractivity contribution in [2.75, 3.05) is 11.9 Å². The van der Waals surface area contributed by atoms with Gasteiger partial charge in [0, 0.05) is 16.6 Å². The predicted molar refractivity (Wildman–Crippen MR) is 85.3 cm³/mol. The van der Waals surface area contributed by atoms with Crippen LogP contribution in [0.15, 0.2) is 46.9 Å². The average molecular weight is 347 g/mol. The summed E-state index contributed by atoms with van der Waals surface area (Å²) in [4.78, 5) is 11.8. The molecule has 21 heavy (non-hydrogen) atoms. The van der Waals surface area contributed by atoms with E-state index in [1.807, 2.05) is 42.5 Å². The third-order valence-corrected chi connectivity index (χ3v) is 4.02. The van der Waals surface area contributed by atoms with Gasteiger partial charge in [-0.1, -0.05) is 22.0 Å². The van der Waals surface area contributed by atoms with Gasteiger partial charge in [-0.05, 0) is 47.5 Å². The topological polar surface area (TPSA) is 64.4 Å². The molecule has 0 fully saturated rings. The third kappa shape index (κ3) is 3.03. The van der Waals surface area contributed by atoms with Crippen LogP contribution in [0.25, 0.3) is 0 Å². The van der Waals surface area contributed by atoms with E-state index in [1.54, 1.807) is 0 Å². The number of hydrogen-bond donors (Lipinski definition) is 2. The number of rotatable bonds is 4. The molecule has 1 aliphatic rings. The van der Waals surface area contributed by atoms with Crippen LogP contribution in [0.2, 0.25) is 0 Å². The van der Waals surface area contributed by atoms with Crippen molar-refractivity contribution < 1.29 is 9.53 Å². The molecule has 1 unspecified atom stereocenters. The van der Waals surface area contributed by atoms with Gasteiger partial charge < -0.3 is 15.8 Å². The van der Waals surface area contributed by atoms with E-state index in [1.165, 1.54) is 0 Å². The number of primary amides is 1. The van der Waals surface area contributed by atoms with Gasteiger partial charge in [-0.3, -0.25) is 4.79 Å². The Balaban J connectivity index is 1.87. The van der Waals surface area contributed by atoms with Crippen LogP contribution in [0.3, 0.4) is 0 Å². The number of ether oxygens (including phenoxy) is 1. The highest BCUT2D eigenvalue weighted by atomic mass is 79.9. The lowest BCUT2D eigenvalue weighted by Gasteiger charge is -2.18. The maximum atomic E-state index is 11.8. The summed E-state index contributed by atoms with van der Waals surface area (Å²) in [6.07, 6.45) is 0.868. The molecule has 5 heteroatoms. The summed E-state index contributed by atoms with van der Waals surface area (Å²) in [5, 5.41) is 3.18. The fraction of sp³-hybridized carbons (Fsp3) is 0.188. The number of carbonyl (C=O) groups excluding carboxylic acids is 1. The monoisotopic (exact) mass is 346 g/mol. The largest absolute Gasteiger partial charge is 0.493 e. The Morgan fingerprint density at radius 2 is 2.00 bits per heavy atom. The van der Waals surface area contributed by atoms with Gasteiger partial charge in [-0.25, -0.2) is 0 Å². The van der Waals surface area contributed by atoms with Crippen molar-refractivity contribution in [2.45, 2.75) is 12.5 Å². The zero-order chi connectivity index (χ0) is 14.8. The number of halogens is 1. The molecule has 2 aromatic rings. The maximum Gasteiger partial charge on any atom is 0.244 e. The first-order valence-corrected chi connectivity index (χ1v) is 7.50. The molecular formula is C16H15BrN2O2. The Kier molecular flexibility index (Phi) is 3.84. The number of nitrogens with two attached hydrogens (primary N) is 1. The van der Waals surface area contributed by atoms with E-state index in [9.17, 15) is 4.79 Å². The molecule has 2 aromatic carbocycles. The summed E-state index contributed by atoms with van der Waals surface area (Å²) in [5.41, 5.74) is 8.37. The number of carbonyl (C=O) groups is 1. The van der Waals surface area contributed by atoms with Crippen LogP contribution in [0.5, 0.6) is 5.75 Å². The van der Waals surface area contributed by atoms with Crippen molar-refractivity contribution in [3.05, 3.63) is 58.1 Å². The average Bonchev–Trinajstić information content (AvgIpc) is 2.93. The Morgan fingerprint density at radius 3 is 2.71 bits per heavy atom. The van der Waals surface area contributed by atoms with E-state index in [0.29, 0.717) is 6.61 Å². The lowest BCUT2D eigenvalue weighted by atomic mass is 10.0. The molecule has 3 rings (SSSR count). The van der Waals surface area contributed by atoms with E-state index in [4.69, 9.17) is 10.5 Å². The van der Waals surface area contributed by atoms with Gasteiger partial charge >= 0.3 is 0 Å². The van der Waals surface area contributed by atoms with Crippen molar-refractivity contribution in [2.24, 2.45) is 5.73 Å². The minimum absolute atomic E-state index is 0.406. The quantitative estimate of drug-likeness (QED) is 0.894. The first-order chi connectivity index (χ1) is 10.1. The summed E-state index contributed by atoms with van der Waals surface area (Å²) < 4.78 is 6.47. The molecule has 4 nitrogen and oxygen atoms in total. The van der Waals surface area contributed by atoms with Gasteiger partial charge in [-0.2, -0.15) is 0 Å². The van der Waals surface area contributed by atoms with E-state index < -0.39 is 11.9 Å². The molecular weight excluding hydrogens is 332 g/mol. The lowest BCUT2D eigenvalue weighted by Crippen LogP contribution is -2.27. The first kappa shape index (κ1) is 13.9. The van der Waals surface area contributed by atoms with Gasteiger partial charge in [0.2, 0.25) is 5.91 Å². The Bertz CT molecular complexity index is 670. The smallest absolute Gasteiger partial charge is 0.244 e. The molecule has 0 aromatic heterocycles. The maximum absolute atomic E-state index is 11.8. The molecule has 1 amide bonds. The van der Waals surface area contributed by atoms with Crippen LogP contribution in [-0.4, -0.2) is 12.5 Å². The molecule has 3 N–H and O–H groups in total. The summed E-state index contributed by atoms with van der Waals surface area (Å²) in [5.74, 6) is 0.488. The molecule has 1 aliphatic heterocycles. The molecule has 0 radical (unpaired) electrons. The van der Waals surface area contributed by atoms with Crippen LogP contribution < -0.4 is 15.8 Å². The van der Waals surface area contributed by atoms with Crippen LogP contribution in [0.1, 0.15) is 17.2 Å².